The normalized spacial score (nSPS) is 13.4. The molecule has 0 unspecified atom stereocenters. The zero-order chi connectivity index (χ0) is 39.8. The van der Waals surface area contributed by atoms with Crippen LogP contribution in [0.25, 0.3) is 79.1 Å². The van der Waals surface area contributed by atoms with E-state index in [1.807, 2.05) is 78.9 Å². The third-order valence-electron chi connectivity index (χ3n) is 11.2. The average molecular weight is 748 g/mol. The summed E-state index contributed by atoms with van der Waals surface area (Å²) < 4.78 is 6.21. The van der Waals surface area contributed by atoms with Crippen LogP contribution in [0, 0.1) is 0 Å². The number of aromatic nitrogens is 3. The van der Waals surface area contributed by atoms with Gasteiger partial charge in [0.1, 0.15) is 5.58 Å². The van der Waals surface area contributed by atoms with Gasteiger partial charge in [0.05, 0.1) is 6.26 Å². The molecule has 0 radical (unpaired) electrons. The average Bonchev–Trinajstić information content (AvgIpc) is 3.80. The number of hydrogen-bond acceptors (Lipinski definition) is 4. The molecular weight excluding hydrogens is 707 g/mol. The third-order valence-corrected chi connectivity index (χ3v) is 11.2. The van der Waals surface area contributed by atoms with E-state index in [2.05, 4.69) is 125 Å². The first-order valence-corrected chi connectivity index (χ1v) is 19.4. The second-order valence-corrected chi connectivity index (χ2v) is 14.9. The lowest BCUT2D eigenvalue weighted by Crippen LogP contribution is -2.14. The molecule has 2 aromatic heterocycles. The van der Waals surface area contributed by atoms with Crippen LogP contribution in [0.3, 0.4) is 0 Å². The van der Waals surface area contributed by atoms with E-state index in [0.29, 0.717) is 17.5 Å². The van der Waals surface area contributed by atoms with Crippen LogP contribution in [0.2, 0.25) is 0 Å². The Kier molecular flexibility index (Phi) is 9.31. The van der Waals surface area contributed by atoms with Gasteiger partial charge in [-0.3, -0.25) is 0 Å². The minimum atomic E-state index is -0.159. The molecule has 1 aliphatic carbocycles. The molecule has 4 heteroatoms. The van der Waals surface area contributed by atoms with Crippen LogP contribution in [0.4, 0.5) is 0 Å². The third kappa shape index (κ3) is 6.25. The van der Waals surface area contributed by atoms with Crippen LogP contribution in [-0.2, 0) is 5.41 Å². The van der Waals surface area contributed by atoms with Crippen LogP contribution in [-0.4, -0.2) is 15.0 Å². The summed E-state index contributed by atoms with van der Waals surface area (Å²) >= 11 is 0. The fraction of sp³-hybridized carbons (Fsp3) is 0.0556. The van der Waals surface area contributed by atoms with Gasteiger partial charge in [0.25, 0.3) is 0 Å². The van der Waals surface area contributed by atoms with Gasteiger partial charge in [-0.1, -0.05) is 191 Å². The fourth-order valence-electron chi connectivity index (χ4n) is 8.33. The van der Waals surface area contributed by atoms with Crippen molar-refractivity contribution in [1.29, 1.82) is 0 Å². The molecular formula is C54H41N3O. The lowest BCUT2D eigenvalue weighted by Gasteiger charge is -2.21. The molecule has 0 atom stereocenters. The van der Waals surface area contributed by atoms with Crippen molar-refractivity contribution in [2.75, 3.05) is 0 Å². The summed E-state index contributed by atoms with van der Waals surface area (Å²) in [6.07, 6.45) is 9.57. The lowest BCUT2D eigenvalue weighted by molar-refractivity contribution is 0.615. The highest BCUT2D eigenvalue weighted by atomic mass is 16.3. The second-order valence-electron chi connectivity index (χ2n) is 14.9. The van der Waals surface area contributed by atoms with Gasteiger partial charge in [-0.2, -0.15) is 0 Å². The molecule has 2 heterocycles. The Hall–Kier alpha value is -7.43. The van der Waals surface area contributed by atoms with Crippen LogP contribution < -0.4 is 0 Å². The van der Waals surface area contributed by atoms with E-state index < -0.39 is 0 Å². The van der Waals surface area contributed by atoms with Gasteiger partial charge in [0.2, 0.25) is 0 Å². The topological polar surface area (TPSA) is 51.8 Å². The number of benzene rings is 6. The van der Waals surface area contributed by atoms with Gasteiger partial charge in [-0.15, -0.1) is 0 Å². The molecule has 6 aromatic carbocycles. The van der Waals surface area contributed by atoms with Crippen molar-refractivity contribution in [3.05, 3.63) is 223 Å². The highest BCUT2D eigenvalue weighted by Gasteiger charge is 2.37. The Bertz CT molecular complexity index is 2950. The van der Waals surface area contributed by atoms with Crippen molar-refractivity contribution in [2.45, 2.75) is 19.3 Å². The molecule has 0 saturated heterocycles. The van der Waals surface area contributed by atoms with Crippen molar-refractivity contribution >= 4 is 33.8 Å². The first-order chi connectivity index (χ1) is 28.4. The molecule has 0 amide bonds. The van der Waals surface area contributed by atoms with E-state index in [1.54, 1.807) is 6.26 Å². The van der Waals surface area contributed by atoms with E-state index in [4.69, 9.17) is 19.4 Å². The number of furan rings is 1. The quantitative estimate of drug-likeness (QED) is 0.103. The summed E-state index contributed by atoms with van der Waals surface area (Å²) in [6, 6.07) is 50.0. The number of rotatable bonds is 10. The Balaban J connectivity index is 1.17. The molecule has 0 aliphatic heterocycles. The molecule has 1 aliphatic rings. The molecule has 278 valence electrons. The van der Waals surface area contributed by atoms with Crippen molar-refractivity contribution in [3.8, 4) is 45.3 Å². The number of hydrogen-bond donors (Lipinski definition) is 0. The molecule has 8 aromatic rings. The Labute approximate surface area is 339 Å². The molecule has 58 heavy (non-hydrogen) atoms. The van der Waals surface area contributed by atoms with Gasteiger partial charge in [-0.05, 0) is 67.8 Å². The summed E-state index contributed by atoms with van der Waals surface area (Å²) in [5, 5.41) is 0.912. The van der Waals surface area contributed by atoms with Crippen LogP contribution in [0.5, 0.6) is 0 Å². The monoisotopic (exact) mass is 747 g/mol. The highest BCUT2D eigenvalue weighted by Crippen LogP contribution is 2.51. The summed E-state index contributed by atoms with van der Waals surface area (Å²) in [5.41, 5.74) is 15.3. The Morgan fingerprint density at radius 1 is 0.517 bits per heavy atom. The van der Waals surface area contributed by atoms with E-state index in [9.17, 15) is 0 Å². The maximum atomic E-state index is 6.21. The lowest BCUT2D eigenvalue weighted by atomic mass is 9.82. The molecule has 9 rings (SSSR count). The fourth-order valence-corrected chi connectivity index (χ4v) is 8.33. The highest BCUT2D eigenvalue weighted by molar-refractivity contribution is 6.03. The van der Waals surface area contributed by atoms with Gasteiger partial charge >= 0.3 is 0 Å². The van der Waals surface area contributed by atoms with Gasteiger partial charge in [-0.25, -0.2) is 15.0 Å². The van der Waals surface area contributed by atoms with Crippen LogP contribution >= 0.6 is 0 Å². The van der Waals surface area contributed by atoms with Crippen molar-refractivity contribution < 1.29 is 4.42 Å². The van der Waals surface area contributed by atoms with Crippen LogP contribution in [0.1, 0.15) is 47.2 Å². The zero-order valence-electron chi connectivity index (χ0n) is 32.6. The number of nitrogens with zero attached hydrogens (tertiary/aromatic N) is 3. The number of fused-ring (bicyclic) bond motifs is 4. The standard InChI is InChI=1S/C54H41N3O/c1-6-35(36-29-31-38(32-30-36)42(8-3)41(7-2)37-19-11-9-12-20-37)33-40-34-58-48-28-18-25-44(49(40)48)52-55-51(39-21-13-10-14-22-39)56-53(57-52)45-24-17-27-47-50(45)43-23-15-16-26-46(43)54(47,4)5/h6-34H,1-3H2,4-5H3/b35-33+,42-41-. The summed E-state index contributed by atoms with van der Waals surface area (Å²) in [7, 11) is 0. The van der Waals surface area contributed by atoms with Crippen molar-refractivity contribution in [2.24, 2.45) is 0 Å². The van der Waals surface area contributed by atoms with E-state index in [1.165, 1.54) is 22.3 Å². The molecule has 0 fully saturated rings. The Morgan fingerprint density at radius 3 is 1.78 bits per heavy atom. The molecule has 0 bridgehead atoms. The number of allylic oxidation sites excluding steroid dienone is 6. The van der Waals surface area contributed by atoms with Gasteiger partial charge in [0, 0.05) is 33.1 Å². The van der Waals surface area contributed by atoms with Crippen LogP contribution in [0.15, 0.2) is 194 Å². The second kappa shape index (κ2) is 14.9. The molecule has 4 nitrogen and oxygen atoms in total. The predicted octanol–water partition coefficient (Wildman–Crippen LogP) is 13.9. The molecule has 0 saturated carbocycles. The maximum Gasteiger partial charge on any atom is 0.164 e. The molecule has 0 spiro atoms. The van der Waals surface area contributed by atoms with E-state index in [0.717, 1.165) is 66.6 Å². The summed E-state index contributed by atoms with van der Waals surface area (Å²) in [5.74, 6) is 1.80. The van der Waals surface area contributed by atoms with Gasteiger partial charge in [0.15, 0.2) is 17.5 Å². The van der Waals surface area contributed by atoms with Crippen molar-refractivity contribution in [3.63, 3.8) is 0 Å². The zero-order valence-corrected chi connectivity index (χ0v) is 32.6. The summed E-state index contributed by atoms with van der Waals surface area (Å²) in [6.45, 7) is 17.0. The van der Waals surface area contributed by atoms with E-state index >= 15 is 0 Å². The van der Waals surface area contributed by atoms with Gasteiger partial charge < -0.3 is 4.42 Å². The van der Waals surface area contributed by atoms with Crippen molar-refractivity contribution in [1.82, 2.24) is 15.0 Å². The first kappa shape index (κ1) is 36.2. The predicted molar refractivity (Wildman–Crippen MR) is 242 cm³/mol. The smallest absolute Gasteiger partial charge is 0.164 e. The summed E-state index contributed by atoms with van der Waals surface area (Å²) in [4.78, 5) is 15.6. The van der Waals surface area contributed by atoms with E-state index in [-0.39, 0.29) is 5.41 Å². The SMILES string of the molecule is C=C/C(=C(\C=C)c1ccc(/C(C=C)=C/c2coc3cccc(-c4nc(-c5ccccc5)nc(-c5cccc6c5-c5ccccc5C6(C)C)n4)c23)cc1)c1ccccc1. The Morgan fingerprint density at radius 2 is 1.07 bits per heavy atom. The minimum Gasteiger partial charge on any atom is -0.464 e. The minimum absolute atomic E-state index is 0.159. The molecule has 0 N–H and O–H groups in total. The first-order valence-electron chi connectivity index (χ1n) is 19.4. The maximum absolute atomic E-state index is 6.21. The largest absolute Gasteiger partial charge is 0.464 e.